The van der Waals surface area contributed by atoms with E-state index in [9.17, 15) is 13.2 Å². The number of halogens is 4. The average Bonchev–Trinajstić information content (AvgIpc) is 2.38. The van der Waals surface area contributed by atoms with Gasteiger partial charge in [0, 0.05) is 4.47 Å². The summed E-state index contributed by atoms with van der Waals surface area (Å²) >= 11 is 3.31. The molecule has 106 valence electrons. The minimum atomic E-state index is -4.43. The summed E-state index contributed by atoms with van der Waals surface area (Å²) in [5, 5.41) is 0. The molecule has 0 aliphatic carbocycles. The van der Waals surface area contributed by atoms with Gasteiger partial charge in [0.2, 0.25) is 0 Å². The maximum atomic E-state index is 13.1. The summed E-state index contributed by atoms with van der Waals surface area (Å²) in [5.41, 5.74) is 4.95. The highest BCUT2D eigenvalue weighted by Crippen LogP contribution is 2.38. The highest BCUT2D eigenvalue weighted by atomic mass is 79.9. The maximum Gasteiger partial charge on any atom is 0.416 e. The summed E-state index contributed by atoms with van der Waals surface area (Å²) in [6, 6.07) is 12.4. The predicted molar refractivity (Wildman–Crippen MR) is 76.2 cm³/mol. The molecule has 2 N–H and O–H groups in total. The number of benzene rings is 2. The van der Waals surface area contributed by atoms with Crippen LogP contribution < -0.4 is 5.73 Å². The average molecular weight is 344 g/mol. The molecule has 0 aliphatic heterocycles. The molecule has 0 bridgehead atoms. The first-order chi connectivity index (χ1) is 9.23. The quantitative estimate of drug-likeness (QED) is 0.840. The zero-order valence-electron chi connectivity index (χ0n) is 10.7. The van der Waals surface area contributed by atoms with E-state index in [0.717, 1.165) is 10.5 Å². The van der Waals surface area contributed by atoms with Crippen LogP contribution in [0, 0.1) is 0 Å². The zero-order valence-corrected chi connectivity index (χ0v) is 12.3. The molecule has 1 atom stereocenters. The predicted octanol–water partition coefficient (Wildman–Crippen LogP) is 4.69. The van der Waals surface area contributed by atoms with Crippen molar-refractivity contribution in [3.05, 3.63) is 69.7 Å². The number of rotatable bonds is 2. The van der Waals surface area contributed by atoms with E-state index in [-0.39, 0.29) is 5.56 Å². The molecule has 1 nitrogen and oxygen atoms in total. The van der Waals surface area contributed by atoms with Crippen molar-refractivity contribution in [2.24, 2.45) is 5.73 Å². The molecule has 2 aromatic carbocycles. The topological polar surface area (TPSA) is 26.0 Å². The van der Waals surface area contributed by atoms with Crippen LogP contribution >= 0.6 is 15.9 Å². The molecule has 0 saturated carbocycles. The molecule has 1 unspecified atom stereocenters. The Balaban J connectivity index is 2.61. The van der Waals surface area contributed by atoms with Crippen molar-refractivity contribution < 1.29 is 13.2 Å². The van der Waals surface area contributed by atoms with Gasteiger partial charge in [0.25, 0.3) is 0 Å². The van der Waals surface area contributed by atoms with Gasteiger partial charge in [-0.15, -0.1) is 0 Å². The molecule has 2 rings (SSSR count). The fourth-order valence-corrected chi connectivity index (χ4v) is 2.55. The Morgan fingerprint density at radius 3 is 2.10 bits per heavy atom. The van der Waals surface area contributed by atoms with Gasteiger partial charge >= 0.3 is 6.18 Å². The van der Waals surface area contributed by atoms with Crippen molar-refractivity contribution >= 4 is 15.9 Å². The van der Waals surface area contributed by atoms with Crippen molar-refractivity contribution in [2.45, 2.75) is 18.6 Å². The monoisotopic (exact) mass is 343 g/mol. The molecule has 0 fully saturated rings. The molecular weight excluding hydrogens is 331 g/mol. The molecule has 0 spiro atoms. The molecule has 0 saturated heterocycles. The lowest BCUT2D eigenvalue weighted by Crippen LogP contribution is -2.36. The Kier molecular flexibility index (Phi) is 3.93. The van der Waals surface area contributed by atoms with Gasteiger partial charge in [-0.2, -0.15) is 13.2 Å². The standard InChI is InChI=1S/C15H13BrF3N/c1-14(20,10-5-4-6-11(16)9-10)12-7-2-3-8-13(12)15(17,18)19/h2-9H,20H2,1H3. The first kappa shape index (κ1) is 15.1. The molecule has 0 aliphatic rings. The van der Waals surface area contributed by atoms with Crippen LogP contribution in [0.2, 0.25) is 0 Å². The minimum Gasteiger partial charge on any atom is -0.318 e. The van der Waals surface area contributed by atoms with Crippen LogP contribution in [0.1, 0.15) is 23.6 Å². The molecule has 5 heteroatoms. The molecule has 0 amide bonds. The molecular formula is C15H13BrF3N. The summed E-state index contributed by atoms with van der Waals surface area (Å²) < 4.78 is 40.1. The first-order valence-corrected chi connectivity index (χ1v) is 6.74. The largest absolute Gasteiger partial charge is 0.416 e. The Hall–Kier alpha value is -1.33. The van der Waals surface area contributed by atoms with Gasteiger partial charge in [0.15, 0.2) is 0 Å². The van der Waals surface area contributed by atoms with Gasteiger partial charge in [-0.3, -0.25) is 0 Å². The summed E-state index contributed by atoms with van der Waals surface area (Å²) in [6.45, 7) is 1.58. The van der Waals surface area contributed by atoms with E-state index in [1.807, 2.05) is 0 Å². The van der Waals surface area contributed by atoms with E-state index in [2.05, 4.69) is 15.9 Å². The third-order valence-corrected chi connectivity index (χ3v) is 3.71. The van der Waals surface area contributed by atoms with Gasteiger partial charge in [-0.05, 0) is 36.2 Å². The van der Waals surface area contributed by atoms with Crippen molar-refractivity contribution in [1.82, 2.24) is 0 Å². The van der Waals surface area contributed by atoms with Gasteiger partial charge in [-0.25, -0.2) is 0 Å². The van der Waals surface area contributed by atoms with E-state index in [1.54, 1.807) is 37.3 Å². The fraction of sp³-hybridized carbons (Fsp3) is 0.200. The zero-order chi connectivity index (χ0) is 15.0. The van der Waals surface area contributed by atoms with Crippen LogP contribution in [0.25, 0.3) is 0 Å². The number of alkyl halides is 3. The van der Waals surface area contributed by atoms with Gasteiger partial charge in [-0.1, -0.05) is 46.3 Å². The SMILES string of the molecule is CC(N)(c1cccc(Br)c1)c1ccccc1C(F)(F)F. The van der Waals surface area contributed by atoms with Gasteiger partial charge in [0.05, 0.1) is 11.1 Å². The molecule has 20 heavy (non-hydrogen) atoms. The normalized spacial score (nSPS) is 14.9. The minimum absolute atomic E-state index is 0.0607. The molecule has 0 radical (unpaired) electrons. The van der Waals surface area contributed by atoms with E-state index in [4.69, 9.17) is 5.73 Å². The van der Waals surface area contributed by atoms with Crippen molar-refractivity contribution in [1.29, 1.82) is 0 Å². The summed E-state index contributed by atoms with van der Waals surface area (Å²) in [5.74, 6) is 0. The lowest BCUT2D eigenvalue weighted by molar-refractivity contribution is -0.138. The van der Waals surface area contributed by atoms with Gasteiger partial charge < -0.3 is 5.73 Å². The molecule has 2 aromatic rings. The Morgan fingerprint density at radius 1 is 0.950 bits per heavy atom. The van der Waals surface area contributed by atoms with Crippen molar-refractivity contribution in [3.8, 4) is 0 Å². The van der Waals surface area contributed by atoms with Crippen LogP contribution in [0.5, 0.6) is 0 Å². The van der Waals surface area contributed by atoms with E-state index >= 15 is 0 Å². The second-order valence-corrected chi connectivity index (χ2v) is 5.67. The number of hydrogen-bond acceptors (Lipinski definition) is 1. The first-order valence-electron chi connectivity index (χ1n) is 5.94. The van der Waals surface area contributed by atoms with Crippen LogP contribution in [-0.4, -0.2) is 0 Å². The second-order valence-electron chi connectivity index (χ2n) is 4.76. The third kappa shape index (κ3) is 2.88. The smallest absolute Gasteiger partial charge is 0.318 e. The van der Waals surface area contributed by atoms with Crippen LogP contribution in [-0.2, 0) is 11.7 Å². The van der Waals surface area contributed by atoms with Crippen molar-refractivity contribution in [3.63, 3.8) is 0 Å². The van der Waals surface area contributed by atoms with Crippen LogP contribution in [0.3, 0.4) is 0 Å². The maximum absolute atomic E-state index is 13.1. The number of hydrogen-bond donors (Lipinski definition) is 1. The van der Waals surface area contributed by atoms with E-state index in [1.165, 1.54) is 12.1 Å². The van der Waals surface area contributed by atoms with Crippen molar-refractivity contribution in [2.75, 3.05) is 0 Å². The van der Waals surface area contributed by atoms with Gasteiger partial charge in [0.1, 0.15) is 0 Å². The lowest BCUT2D eigenvalue weighted by Gasteiger charge is -2.29. The Bertz CT molecular complexity index is 621. The summed E-state index contributed by atoms with van der Waals surface area (Å²) in [7, 11) is 0. The van der Waals surface area contributed by atoms with Crippen LogP contribution in [0.4, 0.5) is 13.2 Å². The number of nitrogens with two attached hydrogens (primary N) is 1. The van der Waals surface area contributed by atoms with E-state index in [0.29, 0.717) is 5.56 Å². The Labute approximate surface area is 123 Å². The lowest BCUT2D eigenvalue weighted by atomic mass is 9.83. The highest BCUT2D eigenvalue weighted by Gasteiger charge is 2.38. The summed E-state index contributed by atoms with van der Waals surface area (Å²) in [4.78, 5) is 0. The highest BCUT2D eigenvalue weighted by molar-refractivity contribution is 9.10. The molecule has 0 heterocycles. The van der Waals surface area contributed by atoms with E-state index < -0.39 is 17.3 Å². The van der Waals surface area contributed by atoms with Crippen LogP contribution in [0.15, 0.2) is 53.0 Å². The second kappa shape index (κ2) is 5.22. The summed E-state index contributed by atoms with van der Waals surface area (Å²) in [6.07, 6.45) is -4.43. The molecule has 0 aromatic heterocycles. The fourth-order valence-electron chi connectivity index (χ4n) is 2.15. The third-order valence-electron chi connectivity index (χ3n) is 3.22. The Morgan fingerprint density at radius 2 is 1.55 bits per heavy atom.